The van der Waals surface area contributed by atoms with Gasteiger partial charge in [0.1, 0.15) is 18.4 Å². The molecular weight excluding hydrogens is 378 g/mol. The first-order valence-corrected chi connectivity index (χ1v) is 9.45. The highest BCUT2D eigenvalue weighted by Gasteiger charge is 2.23. The Morgan fingerprint density at radius 1 is 1.14 bits per heavy atom. The summed E-state index contributed by atoms with van der Waals surface area (Å²) >= 11 is 0. The SMILES string of the molecule is COCCOc1cc(C(=O)NC(CCC(N)=O)C(=O)OC)ccc1NCC(C)C. The van der Waals surface area contributed by atoms with Crippen molar-refractivity contribution in [2.24, 2.45) is 11.7 Å². The van der Waals surface area contributed by atoms with Crippen molar-refractivity contribution < 1.29 is 28.6 Å². The predicted octanol–water partition coefficient (Wildman–Crippen LogP) is 1.32. The number of anilines is 1. The van der Waals surface area contributed by atoms with Crippen LogP contribution >= 0.6 is 0 Å². The van der Waals surface area contributed by atoms with Gasteiger partial charge in [-0.15, -0.1) is 0 Å². The van der Waals surface area contributed by atoms with Crippen LogP contribution in [0.15, 0.2) is 18.2 Å². The number of amides is 2. The van der Waals surface area contributed by atoms with E-state index in [1.165, 1.54) is 7.11 Å². The van der Waals surface area contributed by atoms with Gasteiger partial charge in [-0.3, -0.25) is 9.59 Å². The number of hydrogen-bond donors (Lipinski definition) is 3. The van der Waals surface area contributed by atoms with E-state index in [1.54, 1.807) is 25.3 Å². The Kier molecular flexibility index (Phi) is 10.5. The standard InChI is InChI=1S/C20H31N3O6/c1-13(2)12-22-15-6-5-14(11-17(15)29-10-9-27-3)19(25)23-16(20(26)28-4)7-8-18(21)24/h5-6,11,13,16,22H,7-10,12H2,1-4H3,(H2,21,24)(H,23,25). The molecule has 1 atom stereocenters. The average Bonchev–Trinajstić information content (AvgIpc) is 2.69. The van der Waals surface area contributed by atoms with Crippen molar-refractivity contribution in [2.75, 3.05) is 39.3 Å². The number of ether oxygens (including phenoxy) is 3. The normalized spacial score (nSPS) is 11.6. The number of nitrogens with one attached hydrogen (secondary N) is 2. The summed E-state index contributed by atoms with van der Waals surface area (Å²) in [5, 5.41) is 5.87. The maximum Gasteiger partial charge on any atom is 0.328 e. The molecular formula is C20H31N3O6. The maximum atomic E-state index is 12.6. The first kappa shape index (κ1) is 24.2. The topological polar surface area (TPSA) is 129 Å². The van der Waals surface area contributed by atoms with Crippen LogP contribution in [0.25, 0.3) is 0 Å². The molecule has 2 amide bonds. The number of primary amides is 1. The molecule has 0 aromatic heterocycles. The predicted molar refractivity (Wildman–Crippen MR) is 109 cm³/mol. The van der Waals surface area contributed by atoms with Crippen LogP contribution in [0.2, 0.25) is 0 Å². The smallest absolute Gasteiger partial charge is 0.328 e. The van der Waals surface area contributed by atoms with Crippen LogP contribution in [0.3, 0.4) is 0 Å². The number of carbonyl (C=O) groups is 3. The minimum atomic E-state index is -0.975. The van der Waals surface area contributed by atoms with Gasteiger partial charge in [0.2, 0.25) is 5.91 Å². The molecule has 162 valence electrons. The number of hydrogen-bond acceptors (Lipinski definition) is 7. The first-order valence-electron chi connectivity index (χ1n) is 9.45. The molecule has 9 heteroatoms. The van der Waals surface area contributed by atoms with Gasteiger partial charge in [-0.25, -0.2) is 4.79 Å². The number of rotatable bonds is 13. The number of carbonyl (C=O) groups excluding carboxylic acids is 3. The fourth-order valence-corrected chi connectivity index (χ4v) is 2.40. The summed E-state index contributed by atoms with van der Waals surface area (Å²) in [6.07, 6.45) is 0.00244. The lowest BCUT2D eigenvalue weighted by atomic mass is 10.1. The Morgan fingerprint density at radius 2 is 1.86 bits per heavy atom. The van der Waals surface area contributed by atoms with Crippen molar-refractivity contribution in [3.63, 3.8) is 0 Å². The molecule has 1 unspecified atom stereocenters. The van der Waals surface area contributed by atoms with Crippen LogP contribution in [0, 0.1) is 5.92 Å². The third kappa shape index (κ3) is 8.82. The molecule has 0 fully saturated rings. The van der Waals surface area contributed by atoms with E-state index in [4.69, 9.17) is 15.2 Å². The van der Waals surface area contributed by atoms with E-state index in [9.17, 15) is 14.4 Å². The molecule has 29 heavy (non-hydrogen) atoms. The van der Waals surface area contributed by atoms with Crippen molar-refractivity contribution >= 4 is 23.5 Å². The zero-order chi connectivity index (χ0) is 21.8. The summed E-state index contributed by atoms with van der Waals surface area (Å²) < 4.78 is 15.4. The van der Waals surface area contributed by atoms with Crippen LogP contribution in [-0.2, 0) is 19.1 Å². The van der Waals surface area contributed by atoms with Crippen molar-refractivity contribution in [1.82, 2.24) is 5.32 Å². The van der Waals surface area contributed by atoms with Crippen molar-refractivity contribution in [1.29, 1.82) is 0 Å². The van der Waals surface area contributed by atoms with Gasteiger partial charge in [-0.2, -0.15) is 0 Å². The lowest BCUT2D eigenvalue weighted by Gasteiger charge is -2.18. The molecule has 0 radical (unpaired) electrons. The number of benzene rings is 1. The molecule has 0 saturated heterocycles. The second-order valence-corrected chi connectivity index (χ2v) is 6.88. The molecule has 0 aliphatic carbocycles. The lowest BCUT2D eigenvalue weighted by molar-refractivity contribution is -0.143. The highest BCUT2D eigenvalue weighted by molar-refractivity contribution is 5.97. The Labute approximate surface area is 171 Å². The van der Waals surface area contributed by atoms with E-state index in [-0.39, 0.29) is 12.8 Å². The van der Waals surface area contributed by atoms with Crippen molar-refractivity contribution in [2.45, 2.75) is 32.7 Å². The van der Waals surface area contributed by atoms with E-state index in [0.717, 1.165) is 12.2 Å². The fraction of sp³-hybridized carbons (Fsp3) is 0.550. The minimum Gasteiger partial charge on any atom is -0.489 e. The summed E-state index contributed by atoms with van der Waals surface area (Å²) in [5.74, 6) is -0.774. The van der Waals surface area contributed by atoms with E-state index < -0.39 is 23.8 Å². The van der Waals surface area contributed by atoms with Crippen LogP contribution in [-0.4, -0.2) is 57.8 Å². The highest BCUT2D eigenvalue weighted by atomic mass is 16.5. The van der Waals surface area contributed by atoms with E-state index in [0.29, 0.717) is 30.4 Å². The third-order valence-electron chi connectivity index (χ3n) is 3.96. The van der Waals surface area contributed by atoms with Crippen molar-refractivity contribution in [3.8, 4) is 5.75 Å². The Bertz CT molecular complexity index is 693. The minimum absolute atomic E-state index is 0.0521. The van der Waals surface area contributed by atoms with Gasteiger partial charge in [0.25, 0.3) is 5.91 Å². The monoisotopic (exact) mass is 409 g/mol. The molecule has 0 spiro atoms. The Balaban J connectivity index is 2.97. The zero-order valence-electron chi connectivity index (χ0n) is 17.4. The van der Waals surface area contributed by atoms with Gasteiger partial charge in [-0.05, 0) is 30.5 Å². The molecule has 0 saturated carbocycles. The van der Waals surface area contributed by atoms with E-state index >= 15 is 0 Å². The second-order valence-electron chi connectivity index (χ2n) is 6.88. The third-order valence-corrected chi connectivity index (χ3v) is 3.96. The maximum absolute atomic E-state index is 12.6. The van der Waals surface area contributed by atoms with Crippen molar-refractivity contribution in [3.05, 3.63) is 23.8 Å². The van der Waals surface area contributed by atoms with Crippen LogP contribution in [0.4, 0.5) is 5.69 Å². The van der Waals surface area contributed by atoms with Gasteiger partial charge in [0.05, 0.1) is 19.4 Å². The quantitative estimate of drug-likeness (QED) is 0.331. The molecule has 1 aromatic carbocycles. The molecule has 0 aliphatic heterocycles. The lowest BCUT2D eigenvalue weighted by Crippen LogP contribution is -2.42. The molecule has 4 N–H and O–H groups in total. The van der Waals surface area contributed by atoms with Crippen LogP contribution < -0.4 is 21.1 Å². The van der Waals surface area contributed by atoms with E-state index in [1.807, 2.05) is 0 Å². The van der Waals surface area contributed by atoms with Gasteiger partial charge < -0.3 is 30.6 Å². The zero-order valence-corrected chi connectivity index (χ0v) is 17.4. The molecule has 0 heterocycles. The summed E-state index contributed by atoms with van der Waals surface area (Å²) in [6, 6.07) is 3.99. The summed E-state index contributed by atoms with van der Waals surface area (Å²) in [6.45, 7) is 5.63. The molecule has 0 aliphatic rings. The fourth-order valence-electron chi connectivity index (χ4n) is 2.40. The van der Waals surface area contributed by atoms with Crippen LogP contribution in [0.1, 0.15) is 37.0 Å². The molecule has 1 rings (SSSR count). The molecule has 0 bridgehead atoms. The molecule has 9 nitrogen and oxygen atoms in total. The van der Waals surface area contributed by atoms with Gasteiger partial charge in [0, 0.05) is 25.6 Å². The Hall–Kier alpha value is -2.81. The highest BCUT2D eigenvalue weighted by Crippen LogP contribution is 2.26. The Morgan fingerprint density at radius 3 is 2.45 bits per heavy atom. The van der Waals surface area contributed by atoms with Crippen LogP contribution in [0.5, 0.6) is 5.75 Å². The van der Waals surface area contributed by atoms with Gasteiger partial charge in [0.15, 0.2) is 0 Å². The second kappa shape index (κ2) is 12.6. The summed E-state index contributed by atoms with van der Waals surface area (Å²) in [5.41, 5.74) is 6.19. The van der Waals surface area contributed by atoms with Gasteiger partial charge in [-0.1, -0.05) is 13.8 Å². The molecule has 1 aromatic rings. The van der Waals surface area contributed by atoms with Gasteiger partial charge >= 0.3 is 5.97 Å². The number of methoxy groups -OCH3 is 2. The first-order chi connectivity index (χ1) is 13.8. The summed E-state index contributed by atoms with van der Waals surface area (Å²) in [7, 11) is 2.78. The number of esters is 1. The number of nitrogens with two attached hydrogens (primary N) is 1. The van der Waals surface area contributed by atoms with E-state index in [2.05, 4.69) is 29.2 Å². The largest absolute Gasteiger partial charge is 0.489 e. The average molecular weight is 409 g/mol. The summed E-state index contributed by atoms with van der Waals surface area (Å²) in [4.78, 5) is 35.6.